The molecular formula is C14H25NO2Ti. The number of benzene rings is 1. The van der Waals surface area contributed by atoms with Crippen molar-refractivity contribution >= 4 is 5.69 Å². The number of hydrogen-bond donors (Lipinski definition) is 2. The average molecular weight is 287 g/mol. The average Bonchev–Trinajstić information content (AvgIpc) is 2.41. The quantitative estimate of drug-likeness (QED) is 0.660. The Morgan fingerprint density at radius 2 is 1.61 bits per heavy atom. The summed E-state index contributed by atoms with van der Waals surface area (Å²) in [5.74, 6) is 0. The van der Waals surface area contributed by atoms with Crippen molar-refractivity contribution in [2.24, 2.45) is 0 Å². The summed E-state index contributed by atoms with van der Waals surface area (Å²) in [6.45, 7) is 8.49. The number of para-hydroxylation sites is 1. The van der Waals surface area contributed by atoms with Crippen LogP contribution in [0.5, 0.6) is 0 Å². The first-order chi connectivity index (χ1) is 7.88. The largest absolute Gasteiger partial charge is 2.00 e. The molecule has 3 nitrogen and oxygen atoms in total. The molecule has 0 bridgehead atoms. The SMILES string of the molecule is C=CN(CC[CH2-])c1ccccc1.CO.CO.[CH3-].[Ti+2]. The molecule has 0 spiro atoms. The van der Waals surface area contributed by atoms with E-state index in [0.717, 1.165) is 27.2 Å². The van der Waals surface area contributed by atoms with Gasteiger partial charge in [-0.3, -0.25) is 0 Å². The molecule has 1 rings (SSSR count). The Hall–Kier alpha value is -0.606. The van der Waals surface area contributed by atoms with Crippen LogP contribution >= 0.6 is 0 Å². The van der Waals surface area contributed by atoms with Crippen LogP contribution < -0.4 is 4.90 Å². The molecule has 18 heavy (non-hydrogen) atoms. The van der Waals surface area contributed by atoms with E-state index in [4.69, 9.17) is 10.2 Å². The zero-order valence-electron chi connectivity index (χ0n) is 11.6. The fourth-order valence-corrected chi connectivity index (χ4v) is 1.12. The minimum Gasteiger partial charge on any atom is -0.400 e. The summed E-state index contributed by atoms with van der Waals surface area (Å²) in [6.07, 6.45) is 2.72. The van der Waals surface area contributed by atoms with Gasteiger partial charge in [-0.2, -0.15) is 6.42 Å². The molecule has 4 heteroatoms. The molecule has 0 amide bonds. The zero-order chi connectivity index (χ0) is 12.8. The smallest absolute Gasteiger partial charge is 0.400 e. The number of hydrogen-bond acceptors (Lipinski definition) is 3. The van der Waals surface area contributed by atoms with Gasteiger partial charge in [-0.1, -0.05) is 24.8 Å². The summed E-state index contributed by atoms with van der Waals surface area (Å²) in [4.78, 5) is 2.09. The van der Waals surface area contributed by atoms with Crippen LogP contribution in [0.4, 0.5) is 5.69 Å². The van der Waals surface area contributed by atoms with Crippen LogP contribution in [-0.2, 0) is 21.7 Å². The molecule has 0 aromatic heterocycles. The van der Waals surface area contributed by atoms with Crippen LogP contribution in [0.2, 0.25) is 0 Å². The molecule has 1 aromatic carbocycles. The van der Waals surface area contributed by atoms with Gasteiger partial charge in [-0.25, -0.2) is 0 Å². The molecule has 0 heterocycles. The van der Waals surface area contributed by atoms with E-state index in [2.05, 4.69) is 30.5 Å². The molecule has 0 fully saturated rings. The second-order valence-electron chi connectivity index (χ2n) is 2.57. The summed E-state index contributed by atoms with van der Waals surface area (Å²) < 4.78 is 0. The second kappa shape index (κ2) is 21.7. The van der Waals surface area contributed by atoms with E-state index >= 15 is 0 Å². The Bertz CT molecular complexity index is 243. The van der Waals surface area contributed by atoms with Crippen molar-refractivity contribution in [3.63, 3.8) is 0 Å². The van der Waals surface area contributed by atoms with Gasteiger partial charge in [0.2, 0.25) is 0 Å². The molecule has 0 unspecified atom stereocenters. The Kier molecular flexibility index (Phi) is 31.4. The third-order valence-corrected chi connectivity index (χ3v) is 1.71. The molecule has 1 aromatic rings. The molecule has 0 atom stereocenters. The maximum Gasteiger partial charge on any atom is 2.00 e. The fraction of sp³-hybridized carbons (Fsp3) is 0.286. The topological polar surface area (TPSA) is 43.7 Å². The van der Waals surface area contributed by atoms with Crippen LogP contribution in [0.15, 0.2) is 43.1 Å². The van der Waals surface area contributed by atoms with Crippen LogP contribution in [0, 0.1) is 14.4 Å². The Morgan fingerprint density at radius 3 is 1.94 bits per heavy atom. The third kappa shape index (κ3) is 11.9. The number of nitrogens with zero attached hydrogens (tertiary/aromatic N) is 1. The molecule has 0 aliphatic heterocycles. The summed E-state index contributed by atoms with van der Waals surface area (Å²) in [5.41, 5.74) is 1.18. The standard InChI is InChI=1S/C11H14N.2CH4O.CH3.Ti/c1-3-10-12(4-2)11-8-6-5-7-9-11;2*1-2;;/h4-9H,1-3,10H2;2*2H,1H3;1H3;/q-1;;;-1;+2. The predicted octanol–water partition coefficient (Wildman–Crippen LogP) is 2.53. The summed E-state index contributed by atoms with van der Waals surface area (Å²) in [7, 11) is 2.00. The van der Waals surface area contributed by atoms with Crippen molar-refractivity contribution in [1.29, 1.82) is 0 Å². The molecular weight excluding hydrogens is 262 g/mol. The Balaban J connectivity index is -0.000000149. The van der Waals surface area contributed by atoms with Crippen molar-refractivity contribution in [1.82, 2.24) is 0 Å². The number of anilines is 1. The van der Waals surface area contributed by atoms with Crippen molar-refractivity contribution in [3.8, 4) is 0 Å². The van der Waals surface area contributed by atoms with E-state index in [1.54, 1.807) is 0 Å². The molecule has 0 saturated carbocycles. The van der Waals surface area contributed by atoms with Gasteiger partial charge in [0, 0.05) is 19.9 Å². The van der Waals surface area contributed by atoms with Crippen LogP contribution in [0.3, 0.4) is 0 Å². The molecule has 102 valence electrons. The first kappa shape index (κ1) is 26.1. The van der Waals surface area contributed by atoms with Gasteiger partial charge in [-0.15, -0.1) is 0 Å². The molecule has 0 saturated heterocycles. The van der Waals surface area contributed by atoms with E-state index in [-0.39, 0.29) is 29.1 Å². The number of aliphatic hydroxyl groups excluding tert-OH is 2. The maximum absolute atomic E-state index is 7.00. The van der Waals surface area contributed by atoms with Gasteiger partial charge < -0.3 is 29.5 Å². The zero-order valence-corrected chi connectivity index (χ0v) is 13.2. The van der Waals surface area contributed by atoms with Gasteiger partial charge in [0.1, 0.15) is 0 Å². The van der Waals surface area contributed by atoms with Gasteiger partial charge in [0.05, 0.1) is 0 Å². The Labute approximate surface area is 127 Å². The molecule has 0 aliphatic carbocycles. The van der Waals surface area contributed by atoms with E-state index in [0.29, 0.717) is 0 Å². The maximum atomic E-state index is 7.00. The summed E-state index contributed by atoms with van der Waals surface area (Å²) >= 11 is 0. The van der Waals surface area contributed by atoms with E-state index in [1.807, 2.05) is 24.4 Å². The van der Waals surface area contributed by atoms with E-state index in [1.165, 1.54) is 5.69 Å². The normalized spacial score (nSPS) is 6.94. The second-order valence-corrected chi connectivity index (χ2v) is 2.57. The van der Waals surface area contributed by atoms with Crippen LogP contribution in [0.1, 0.15) is 6.42 Å². The van der Waals surface area contributed by atoms with Gasteiger partial charge >= 0.3 is 21.7 Å². The Morgan fingerprint density at radius 1 is 1.17 bits per heavy atom. The summed E-state index contributed by atoms with van der Waals surface area (Å²) in [5, 5.41) is 14.0. The first-order valence-electron chi connectivity index (χ1n) is 5.01. The van der Waals surface area contributed by atoms with Gasteiger partial charge in [-0.05, 0) is 24.9 Å². The van der Waals surface area contributed by atoms with Crippen LogP contribution in [-0.4, -0.2) is 31.0 Å². The minimum absolute atomic E-state index is 0. The predicted molar refractivity (Wildman–Crippen MR) is 76.7 cm³/mol. The molecule has 0 aliphatic rings. The third-order valence-electron chi connectivity index (χ3n) is 1.71. The fourth-order valence-electron chi connectivity index (χ4n) is 1.12. The van der Waals surface area contributed by atoms with Crippen LogP contribution in [0.25, 0.3) is 0 Å². The van der Waals surface area contributed by atoms with Crippen molar-refractivity contribution < 1.29 is 31.9 Å². The van der Waals surface area contributed by atoms with E-state index in [9.17, 15) is 0 Å². The van der Waals surface area contributed by atoms with Crippen molar-refractivity contribution in [2.75, 3.05) is 25.7 Å². The monoisotopic (exact) mass is 287 g/mol. The molecule has 2 N–H and O–H groups in total. The van der Waals surface area contributed by atoms with Crippen molar-refractivity contribution in [2.45, 2.75) is 6.42 Å². The van der Waals surface area contributed by atoms with E-state index < -0.39 is 0 Å². The molecule has 0 radical (unpaired) electrons. The van der Waals surface area contributed by atoms with Crippen molar-refractivity contribution in [3.05, 3.63) is 57.5 Å². The van der Waals surface area contributed by atoms with Gasteiger partial charge in [0.15, 0.2) is 0 Å². The number of aliphatic hydroxyl groups is 2. The van der Waals surface area contributed by atoms with Gasteiger partial charge in [0.25, 0.3) is 0 Å². The first-order valence-corrected chi connectivity index (χ1v) is 5.01. The number of rotatable bonds is 4. The summed E-state index contributed by atoms with van der Waals surface area (Å²) in [6, 6.07) is 10.2. The minimum atomic E-state index is 0.